The molecule has 0 fully saturated rings. The smallest absolute Gasteiger partial charge is 0.123 e. The maximum Gasteiger partial charge on any atom is 0.123 e. The van der Waals surface area contributed by atoms with Crippen molar-refractivity contribution in [2.24, 2.45) is 0 Å². The summed E-state index contributed by atoms with van der Waals surface area (Å²) >= 11 is 0. The third-order valence-electron chi connectivity index (χ3n) is 2.79. The number of hydrogen-bond donors (Lipinski definition) is 1. The Morgan fingerprint density at radius 3 is 2.59 bits per heavy atom. The topological polar surface area (TPSA) is 30.5 Å². The van der Waals surface area contributed by atoms with E-state index in [0.717, 1.165) is 12.1 Å². The number of rotatable bonds is 6. The zero-order chi connectivity index (χ0) is 12.8. The Morgan fingerprint density at radius 1 is 1.35 bits per heavy atom. The van der Waals surface area contributed by atoms with Crippen molar-refractivity contribution in [3.63, 3.8) is 0 Å². The van der Waals surface area contributed by atoms with E-state index in [-0.39, 0.29) is 18.0 Å². The van der Waals surface area contributed by atoms with Crippen LogP contribution in [0.1, 0.15) is 25.5 Å². The highest BCUT2D eigenvalue weighted by atomic mass is 19.1. The summed E-state index contributed by atoms with van der Waals surface area (Å²) in [5.74, 6) is 0.397. The number of ether oxygens (including phenoxy) is 2. The standard InChI is InChI=1S/C13H20FNO2/c1-5-15-13(9(2)16-3)11-8-10(14)6-7-12(11)17-4/h6-9,13,15H,5H2,1-4H3. The Bertz CT molecular complexity index is 357. The van der Waals surface area contributed by atoms with Gasteiger partial charge in [-0.1, -0.05) is 6.92 Å². The molecule has 0 aliphatic rings. The largest absolute Gasteiger partial charge is 0.496 e. The zero-order valence-corrected chi connectivity index (χ0v) is 10.8. The lowest BCUT2D eigenvalue weighted by Crippen LogP contribution is -2.31. The van der Waals surface area contributed by atoms with E-state index in [9.17, 15) is 4.39 Å². The molecule has 3 nitrogen and oxygen atoms in total. The minimum Gasteiger partial charge on any atom is -0.496 e. The van der Waals surface area contributed by atoms with Crippen LogP contribution in [-0.4, -0.2) is 26.9 Å². The molecule has 0 bridgehead atoms. The van der Waals surface area contributed by atoms with E-state index in [1.807, 2.05) is 13.8 Å². The molecule has 17 heavy (non-hydrogen) atoms. The summed E-state index contributed by atoms with van der Waals surface area (Å²) in [5.41, 5.74) is 0.781. The molecule has 0 aliphatic carbocycles. The van der Waals surface area contributed by atoms with Crippen LogP contribution in [0.5, 0.6) is 5.75 Å². The molecule has 1 N–H and O–H groups in total. The molecule has 0 aliphatic heterocycles. The molecule has 0 spiro atoms. The van der Waals surface area contributed by atoms with Crippen molar-refractivity contribution in [2.45, 2.75) is 26.0 Å². The quantitative estimate of drug-likeness (QED) is 0.830. The van der Waals surface area contributed by atoms with Gasteiger partial charge in [0, 0.05) is 12.7 Å². The summed E-state index contributed by atoms with van der Waals surface area (Å²) in [4.78, 5) is 0. The fourth-order valence-corrected chi connectivity index (χ4v) is 1.83. The van der Waals surface area contributed by atoms with Crippen molar-refractivity contribution in [1.29, 1.82) is 0 Å². The summed E-state index contributed by atoms with van der Waals surface area (Å²) in [6, 6.07) is 4.43. The third-order valence-corrected chi connectivity index (χ3v) is 2.79. The van der Waals surface area contributed by atoms with Gasteiger partial charge in [-0.2, -0.15) is 0 Å². The van der Waals surface area contributed by atoms with Gasteiger partial charge in [-0.05, 0) is 31.7 Å². The highest BCUT2D eigenvalue weighted by Crippen LogP contribution is 2.29. The molecule has 1 rings (SSSR count). The highest BCUT2D eigenvalue weighted by Gasteiger charge is 2.22. The monoisotopic (exact) mass is 241 g/mol. The molecule has 1 aromatic carbocycles. The Balaban J connectivity index is 3.11. The van der Waals surface area contributed by atoms with Gasteiger partial charge in [0.05, 0.1) is 19.3 Å². The average Bonchev–Trinajstić information content (AvgIpc) is 2.35. The maximum atomic E-state index is 13.3. The van der Waals surface area contributed by atoms with E-state index in [2.05, 4.69) is 5.32 Å². The summed E-state index contributed by atoms with van der Waals surface area (Å²) in [5, 5.41) is 3.28. The van der Waals surface area contributed by atoms with Crippen LogP contribution < -0.4 is 10.1 Å². The molecule has 2 atom stereocenters. The van der Waals surface area contributed by atoms with Crippen LogP contribution in [0.2, 0.25) is 0 Å². The normalized spacial score (nSPS) is 14.4. The molecular weight excluding hydrogens is 221 g/mol. The van der Waals surface area contributed by atoms with Gasteiger partial charge in [0.15, 0.2) is 0 Å². The molecule has 0 saturated heterocycles. The number of hydrogen-bond acceptors (Lipinski definition) is 3. The van der Waals surface area contributed by atoms with Crippen molar-refractivity contribution in [2.75, 3.05) is 20.8 Å². The van der Waals surface area contributed by atoms with E-state index < -0.39 is 0 Å². The lowest BCUT2D eigenvalue weighted by molar-refractivity contribution is 0.0825. The molecule has 2 unspecified atom stereocenters. The first kappa shape index (κ1) is 13.9. The number of benzene rings is 1. The summed E-state index contributed by atoms with van der Waals surface area (Å²) in [6.07, 6.45) is -0.0642. The van der Waals surface area contributed by atoms with Gasteiger partial charge in [0.1, 0.15) is 11.6 Å². The van der Waals surface area contributed by atoms with Crippen LogP contribution in [0.15, 0.2) is 18.2 Å². The molecule has 0 amide bonds. The van der Waals surface area contributed by atoms with Gasteiger partial charge >= 0.3 is 0 Å². The van der Waals surface area contributed by atoms with Crippen molar-refractivity contribution in [3.8, 4) is 5.75 Å². The maximum absolute atomic E-state index is 13.3. The van der Waals surface area contributed by atoms with E-state index in [0.29, 0.717) is 5.75 Å². The fraction of sp³-hybridized carbons (Fsp3) is 0.538. The second-order valence-electron chi connectivity index (χ2n) is 3.86. The molecule has 96 valence electrons. The van der Waals surface area contributed by atoms with E-state index in [1.54, 1.807) is 20.3 Å². The molecular formula is C13H20FNO2. The van der Waals surface area contributed by atoms with Gasteiger partial charge < -0.3 is 14.8 Å². The van der Waals surface area contributed by atoms with Crippen LogP contribution in [0.4, 0.5) is 4.39 Å². The van der Waals surface area contributed by atoms with Crippen molar-refractivity contribution >= 4 is 0 Å². The van der Waals surface area contributed by atoms with Crippen LogP contribution >= 0.6 is 0 Å². The SMILES string of the molecule is CCNC(c1cc(F)ccc1OC)C(C)OC. The average molecular weight is 241 g/mol. The predicted octanol–water partition coefficient (Wildman–Crippen LogP) is 2.52. The first-order chi connectivity index (χ1) is 8.13. The summed E-state index contributed by atoms with van der Waals surface area (Å²) in [7, 11) is 3.22. The second kappa shape index (κ2) is 6.57. The van der Waals surface area contributed by atoms with Crippen LogP contribution in [-0.2, 0) is 4.74 Å². The molecule has 0 radical (unpaired) electrons. The van der Waals surface area contributed by atoms with E-state index in [4.69, 9.17) is 9.47 Å². The Labute approximate surface area is 102 Å². The molecule has 0 heterocycles. The Hall–Kier alpha value is -1.13. The van der Waals surface area contributed by atoms with E-state index in [1.165, 1.54) is 12.1 Å². The Kier molecular flexibility index (Phi) is 5.38. The fourth-order valence-electron chi connectivity index (χ4n) is 1.83. The number of halogens is 1. The second-order valence-corrected chi connectivity index (χ2v) is 3.86. The van der Waals surface area contributed by atoms with Crippen LogP contribution in [0.3, 0.4) is 0 Å². The van der Waals surface area contributed by atoms with Gasteiger partial charge in [-0.3, -0.25) is 0 Å². The zero-order valence-electron chi connectivity index (χ0n) is 10.8. The number of methoxy groups -OCH3 is 2. The van der Waals surface area contributed by atoms with Crippen molar-refractivity contribution < 1.29 is 13.9 Å². The lowest BCUT2D eigenvalue weighted by atomic mass is 10.0. The molecule has 1 aromatic rings. The highest BCUT2D eigenvalue weighted by molar-refractivity contribution is 5.37. The first-order valence-electron chi connectivity index (χ1n) is 5.73. The van der Waals surface area contributed by atoms with Crippen molar-refractivity contribution in [3.05, 3.63) is 29.6 Å². The lowest BCUT2D eigenvalue weighted by Gasteiger charge is -2.25. The number of likely N-dealkylation sites (N-methyl/N-ethyl adjacent to an activating group) is 1. The minimum absolute atomic E-state index is 0.0642. The van der Waals surface area contributed by atoms with Gasteiger partial charge in [-0.15, -0.1) is 0 Å². The predicted molar refractivity (Wildman–Crippen MR) is 65.8 cm³/mol. The molecule has 4 heteroatoms. The van der Waals surface area contributed by atoms with Crippen LogP contribution in [0, 0.1) is 5.82 Å². The molecule has 0 aromatic heterocycles. The molecule has 0 saturated carbocycles. The Morgan fingerprint density at radius 2 is 2.06 bits per heavy atom. The first-order valence-corrected chi connectivity index (χ1v) is 5.73. The summed E-state index contributed by atoms with van der Waals surface area (Å²) < 4.78 is 23.9. The van der Waals surface area contributed by atoms with E-state index >= 15 is 0 Å². The van der Waals surface area contributed by atoms with Gasteiger partial charge in [0.25, 0.3) is 0 Å². The van der Waals surface area contributed by atoms with Gasteiger partial charge in [-0.25, -0.2) is 4.39 Å². The minimum atomic E-state index is -0.271. The van der Waals surface area contributed by atoms with Gasteiger partial charge in [0.2, 0.25) is 0 Å². The third kappa shape index (κ3) is 3.41. The number of nitrogens with one attached hydrogen (secondary N) is 1. The summed E-state index contributed by atoms with van der Waals surface area (Å²) in [6.45, 7) is 4.72. The van der Waals surface area contributed by atoms with Crippen molar-refractivity contribution in [1.82, 2.24) is 5.32 Å². The van der Waals surface area contributed by atoms with Crippen LogP contribution in [0.25, 0.3) is 0 Å².